The predicted octanol–water partition coefficient (Wildman–Crippen LogP) is 3.58. The molecule has 0 radical (unpaired) electrons. The second-order valence-corrected chi connectivity index (χ2v) is 5.72. The molecule has 0 aliphatic carbocycles. The zero-order valence-corrected chi connectivity index (χ0v) is 14.3. The number of benzene rings is 1. The van der Waals surface area contributed by atoms with Crippen LogP contribution >= 0.6 is 0 Å². The second kappa shape index (κ2) is 7.72. The van der Waals surface area contributed by atoms with Crippen LogP contribution in [0.25, 0.3) is 0 Å². The van der Waals surface area contributed by atoms with Crippen LogP contribution in [0.4, 0.5) is 11.6 Å². The van der Waals surface area contributed by atoms with E-state index >= 15 is 0 Å². The minimum Gasteiger partial charge on any atom is -0.344 e. The number of aromatic nitrogens is 2. The lowest BCUT2D eigenvalue weighted by Crippen LogP contribution is -2.23. The highest BCUT2D eigenvalue weighted by Gasteiger charge is 2.12. The first-order valence-electron chi connectivity index (χ1n) is 7.94. The van der Waals surface area contributed by atoms with E-state index in [0.29, 0.717) is 11.6 Å². The SMILES string of the molecule is CCCCN(C)c1nccc(C(=O)Nc2cccc(C)c2C)n1. The van der Waals surface area contributed by atoms with Crippen LogP contribution in [0, 0.1) is 13.8 Å². The van der Waals surface area contributed by atoms with Gasteiger partial charge in [-0.15, -0.1) is 0 Å². The van der Waals surface area contributed by atoms with Gasteiger partial charge in [0, 0.05) is 25.5 Å². The number of rotatable bonds is 6. The van der Waals surface area contributed by atoms with Crippen molar-refractivity contribution in [2.75, 3.05) is 23.8 Å². The molecule has 23 heavy (non-hydrogen) atoms. The third-order valence-corrected chi connectivity index (χ3v) is 3.92. The smallest absolute Gasteiger partial charge is 0.274 e. The predicted molar refractivity (Wildman–Crippen MR) is 94.1 cm³/mol. The summed E-state index contributed by atoms with van der Waals surface area (Å²) in [6.07, 6.45) is 3.80. The minimum absolute atomic E-state index is 0.216. The number of anilines is 2. The Balaban J connectivity index is 2.15. The largest absolute Gasteiger partial charge is 0.344 e. The molecule has 0 saturated carbocycles. The third kappa shape index (κ3) is 4.28. The summed E-state index contributed by atoms with van der Waals surface area (Å²) < 4.78 is 0. The van der Waals surface area contributed by atoms with Gasteiger partial charge < -0.3 is 10.2 Å². The fourth-order valence-corrected chi connectivity index (χ4v) is 2.23. The van der Waals surface area contributed by atoms with E-state index in [-0.39, 0.29) is 5.91 Å². The lowest BCUT2D eigenvalue weighted by Gasteiger charge is -2.17. The van der Waals surface area contributed by atoms with Crippen LogP contribution in [-0.4, -0.2) is 29.5 Å². The lowest BCUT2D eigenvalue weighted by atomic mass is 10.1. The monoisotopic (exact) mass is 312 g/mol. The summed E-state index contributed by atoms with van der Waals surface area (Å²) in [7, 11) is 1.94. The number of carbonyl (C=O) groups excluding carboxylic acids is 1. The molecule has 0 saturated heterocycles. The maximum absolute atomic E-state index is 12.4. The number of nitrogens with zero attached hydrogens (tertiary/aromatic N) is 3. The molecule has 1 aromatic heterocycles. The van der Waals surface area contributed by atoms with Crippen LogP contribution in [0.2, 0.25) is 0 Å². The van der Waals surface area contributed by atoms with Crippen molar-refractivity contribution in [3.63, 3.8) is 0 Å². The molecule has 2 rings (SSSR count). The number of nitrogens with one attached hydrogen (secondary N) is 1. The molecular formula is C18H24N4O. The van der Waals surface area contributed by atoms with Crippen LogP contribution in [0.3, 0.4) is 0 Å². The summed E-state index contributed by atoms with van der Waals surface area (Å²) in [5, 5.41) is 2.93. The number of carbonyl (C=O) groups is 1. The molecule has 1 aromatic carbocycles. The van der Waals surface area contributed by atoms with Crippen molar-refractivity contribution in [2.24, 2.45) is 0 Å². The summed E-state index contributed by atoms with van der Waals surface area (Å²) in [4.78, 5) is 23.0. The van der Waals surface area contributed by atoms with Gasteiger partial charge in [0.2, 0.25) is 5.95 Å². The van der Waals surface area contributed by atoms with Crippen LogP contribution < -0.4 is 10.2 Å². The van der Waals surface area contributed by atoms with Gasteiger partial charge in [0.05, 0.1) is 0 Å². The van der Waals surface area contributed by atoms with Crippen molar-refractivity contribution in [3.8, 4) is 0 Å². The number of hydrogen-bond acceptors (Lipinski definition) is 4. The van der Waals surface area contributed by atoms with Gasteiger partial charge in [-0.2, -0.15) is 0 Å². The molecule has 0 aliphatic heterocycles. The Bertz CT molecular complexity index is 684. The second-order valence-electron chi connectivity index (χ2n) is 5.72. The van der Waals surface area contributed by atoms with Gasteiger partial charge in [0.1, 0.15) is 5.69 Å². The Morgan fingerprint density at radius 3 is 2.78 bits per heavy atom. The van der Waals surface area contributed by atoms with Gasteiger partial charge >= 0.3 is 0 Å². The molecule has 2 aromatic rings. The average Bonchev–Trinajstić information content (AvgIpc) is 2.57. The van der Waals surface area contributed by atoms with E-state index in [2.05, 4.69) is 22.2 Å². The minimum atomic E-state index is -0.216. The molecule has 0 unspecified atom stereocenters. The Labute approximate surface area is 137 Å². The molecule has 1 amide bonds. The van der Waals surface area contributed by atoms with Crippen molar-refractivity contribution in [1.29, 1.82) is 0 Å². The van der Waals surface area contributed by atoms with E-state index < -0.39 is 0 Å². The topological polar surface area (TPSA) is 58.1 Å². The highest BCUT2D eigenvalue weighted by molar-refractivity contribution is 6.03. The Hall–Kier alpha value is -2.43. The van der Waals surface area contributed by atoms with Crippen molar-refractivity contribution >= 4 is 17.5 Å². The summed E-state index contributed by atoms with van der Waals surface area (Å²) in [6.45, 7) is 7.03. The number of hydrogen-bond donors (Lipinski definition) is 1. The lowest BCUT2D eigenvalue weighted by molar-refractivity contribution is 0.102. The quantitative estimate of drug-likeness (QED) is 0.885. The zero-order chi connectivity index (χ0) is 16.8. The maximum Gasteiger partial charge on any atom is 0.274 e. The molecule has 5 nitrogen and oxygen atoms in total. The van der Waals surface area contributed by atoms with Gasteiger partial charge in [-0.25, -0.2) is 9.97 Å². The average molecular weight is 312 g/mol. The van der Waals surface area contributed by atoms with Gasteiger partial charge in [0.15, 0.2) is 0 Å². The van der Waals surface area contributed by atoms with Crippen LogP contribution in [-0.2, 0) is 0 Å². The normalized spacial score (nSPS) is 10.4. The molecule has 0 aliphatic rings. The number of unbranched alkanes of at least 4 members (excludes halogenated alkanes) is 1. The van der Waals surface area contributed by atoms with Gasteiger partial charge in [-0.3, -0.25) is 4.79 Å². The highest BCUT2D eigenvalue weighted by atomic mass is 16.1. The first kappa shape index (κ1) is 16.9. The number of amides is 1. The molecule has 0 atom stereocenters. The van der Waals surface area contributed by atoms with E-state index in [1.165, 1.54) is 0 Å². The van der Waals surface area contributed by atoms with Crippen molar-refractivity contribution in [2.45, 2.75) is 33.6 Å². The van der Waals surface area contributed by atoms with Crippen LogP contribution in [0.5, 0.6) is 0 Å². The molecule has 1 heterocycles. The first-order valence-corrected chi connectivity index (χ1v) is 7.94. The van der Waals surface area contributed by atoms with Crippen molar-refractivity contribution in [3.05, 3.63) is 47.3 Å². The third-order valence-electron chi connectivity index (χ3n) is 3.92. The molecule has 0 fully saturated rings. The zero-order valence-electron chi connectivity index (χ0n) is 14.3. The van der Waals surface area contributed by atoms with E-state index in [4.69, 9.17) is 0 Å². The Morgan fingerprint density at radius 1 is 1.26 bits per heavy atom. The van der Waals surface area contributed by atoms with E-state index in [0.717, 1.165) is 36.2 Å². The van der Waals surface area contributed by atoms with Crippen molar-refractivity contribution < 1.29 is 4.79 Å². The molecule has 0 bridgehead atoms. The van der Waals surface area contributed by atoms with E-state index in [1.807, 2.05) is 44.0 Å². The highest BCUT2D eigenvalue weighted by Crippen LogP contribution is 2.18. The van der Waals surface area contributed by atoms with E-state index in [9.17, 15) is 4.79 Å². The van der Waals surface area contributed by atoms with Gasteiger partial charge in [0.25, 0.3) is 5.91 Å². The van der Waals surface area contributed by atoms with Crippen LogP contribution in [0.1, 0.15) is 41.4 Å². The summed E-state index contributed by atoms with van der Waals surface area (Å²) >= 11 is 0. The Kier molecular flexibility index (Phi) is 5.68. The molecule has 1 N–H and O–H groups in total. The summed E-state index contributed by atoms with van der Waals surface area (Å²) in [5.41, 5.74) is 3.40. The molecule has 122 valence electrons. The summed E-state index contributed by atoms with van der Waals surface area (Å²) in [5.74, 6) is 0.360. The standard InChI is InChI=1S/C18H24N4O/c1-5-6-12-22(4)18-19-11-10-16(21-18)17(23)20-15-9-7-8-13(2)14(15)3/h7-11H,5-6,12H2,1-4H3,(H,20,23). The van der Waals surface area contributed by atoms with Gasteiger partial charge in [-0.05, 0) is 43.5 Å². The fourth-order valence-electron chi connectivity index (χ4n) is 2.23. The molecule has 5 heteroatoms. The van der Waals surface area contributed by atoms with Crippen molar-refractivity contribution in [1.82, 2.24) is 9.97 Å². The molecule has 0 spiro atoms. The maximum atomic E-state index is 12.4. The van der Waals surface area contributed by atoms with E-state index in [1.54, 1.807) is 12.3 Å². The molecular weight excluding hydrogens is 288 g/mol. The number of aryl methyl sites for hydroxylation is 1. The van der Waals surface area contributed by atoms with Crippen LogP contribution in [0.15, 0.2) is 30.5 Å². The summed E-state index contributed by atoms with van der Waals surface area (Å²) in [6, 6.07) is 7.49. The Morgan fingerprint density at radius 2 is 2.04 bits per heavy atom. The fraction of sp³-hybridized carbons (Fsp3) is 0.389. The van der Waals surface area contributed by atoms with Gasteiger partial charge in [-0.1, -0.05) is 25.5 Å². The first-order chi connectivity index (χ1) is 11.0.